The van der Waals surface area contributed by atoms with Crippen molar-refractivity contribution in [3.63, 3.8) is 0 Å². The second-order valence-corrected chi connectivity index (χ2v) is 5.71. The van der Waals surface area contributed by atoms with E-state index in [1.54, 1.807) is 6.92 Å². The van der Waals surface area contributed by atoms with E-state index >= 15 is 0 Å². The molecule has 1 saturated heterocycles. The third-order valence-corrected chi connectivity index (χ3v) is 3.66. The van der Waals surface area contributed by atoms with E-state index in [1.807, 2.05) is 11.8 Å². The molecule has 0 aromatic carbocycles. The molecule has 1 rings (SSSR count). The molecule has 11 heavy (non-hydrogen) atoms. The fourth-order valence-electron chi connectivity index (χ4n) is 1.58. The average Bonchev–Trinajstić information content (AvgIpc) is 1.85. The first-order valence-corrected chi connectivity index (χ1v) is 5.14. The summed E-state index contributed by atoms with van der Waals surface area (Å²) in [5.41, 5.74) is 0. The lowest BCUT2D eigenvalue weighted by molar-refractivity contribution is -0.121. The maximum absolute atomic E-state index is 11.1. The molecule has 1 aliphatic heterocycles. The van der Waals surface area contributed by atoms with Gasteiger partial charge in [0, 0.05) is 10.7 Å². The Hall–Kier alpha value is 0.0200. The molecule has 1 nitrogen and oxygen atoms in total. The summed E-state index contributed by atoms with van der Waals surface area (Å²) in [6.07, 6.45) is 2.15. The van der Waals surface area contributed by atoms with Crippen LogP contribution >= 0.6 is 11.8 Å². The highest BCUT2D eigenvalue weighted by Gasteiger charge is 2.30. The van der Waals surface area contributed by atoms with Crippen molar-refractivity contribution in [1.82, 2.24) is 0 Å². The molecule has 0 saturated carbocycles. The monoisotopic (exact) mass is 172 g/mol. The van der Waals surface area contributed by atoms with Crippen LogP contribution in [0.2, 0.25) is 0 Å². The van der Waals surface area contributed by atoms with Gasteiger partial charge in [0.25, 0.3) is 0 Å². The Morgan fingerprint density at radius 3 is 2.55 bits per heavy atom. The molecule has 1 fully saturated rings. The minimum absolute atomic E-state index is 0.328. The normalized spacial score (nSPS) is 29.9. The van der Waals surface area contributed by atoms with Gasteiger partial charge in [-0.05, 0) is 25.5 Å². The van der Waals surface area contributed by atoms with E-state index in [-0.39, 0.29) is 0 Å². The first-order chi connectivity index (χ1) is 5.01. The van der Waals surface area contributed by atoms with Gasteiger partial charge in [-0.25, -0.2) is 0 Å². The van der Waals surface area contributed by atoms with Gasteiger partial charge < -0.3 is 0 Å². The summed E-state index contributed by atoms with van der Waals surface area (Å²) < 4.78 is 0.328. The predicted molar refractivity (Wildman–Crippen MR) is 49.9 cm³/mol. The molecular formula is C9H16OS. The van der Waals surface area contributed by atoms with E-state index in [0.717, 1.165) is 18.6 Å². The second-order valence-electron chi connectivity index (χ2n) is 3.91. The van der Waals surface area contributed by atoms with Gasteiger partial charge in [0.05, 0.1) is 0 Å². The first kappa shape index (κ1) is 9.11. The topological polar surface area (TPSA) is 17.1 Å². The van der Waals surface area contributed by atoms with E-state index < -0.39 is 0 Å². The number of ketones is 1. The maximum Gasteiger partial charge on any atom is 0.132 e. The zero-order valence-corrected chi connectivity index (χ0v) is 8.33. The SMILES string of the molecule is CC(=O)C1CCSC(C)(C)C1. The number of Topliss-reactive ketones (excluding diaryl/α,β-unsaturated/α-hetero) is 1. The molecular weight excluding hydrogens is 156 g/mol. The minimum atomic E-state index is 0.328. The highest BCUT2D eigenvalue weighted by Crippen LogP contribution is 2.38. The highest BCUT2D eigenvalue weighted by atomic mass is 32.2. The molecule has 0 radical (unpaired) electrons. The van der Waals surface area contributed by atoms with Crippen molar-refractivity contribution in [3.05, 3.63) is 0 Å². The molecule has 0 spiro atoms. The summed E-state index contributed by atoms with van der Waals surface area (Å²) >= 11 is 1.99. The Bertz CT molecular complexity index is 163. The third kappa shape index (κ3) is 2.51. The first-order valence-electron chi connectivity index (χ1n) is 4.16. The van der Waals surface area contributed by atoms with Crippen LogP contribution in [-0.4, -0.2) is 16.3 Å². The van der Waals surface area contributed by atoms with Gasteiger partial charge in [-0.3, -0.25) is 4.79 Å². The third-order valence-electron chi connectivity index (χ3n) is 2.27. The van der Waals surface area contributed by atoms with Crippen molar-refractivity contribution in [2.24, 2.45) is 5.92 Å². The van der Waals surface area contributed by atoms with Crippen molar-refractivity contribution in [1.29, 1.82) is 0 Å². The number of rotatable bonds is 1. The van der Waals surface area contributed by atoms with Gasteiger partial charge in [0.1, 0.15) is 5.78 Å². The van der Waals surface area contributed by atoms with Crippen molar-refractivity contribution < 1.29 is 4.79 Å². The van der Waals surface area contributed by atoms with E-state index in [9.17, 15) is 4.79 Å². The molecule has 1 heterocycles. The van der Waals surface area contributed by atoms with Crippen LogP contribution in [0.3, 0.4) is 0 Å². The van der Waals surface area contributed by atoms with E-state index in [0.29, 0.717) is 16.4 Å². The molecule has 2 heteroatoms. The smallest absolute Gasteiger partial charge is 0.132 e. The fraction of sp³-hybridized carbons (Fsp3) is 0.889. The van der Waals surface area contributed by atoms with Crippen LogP contribution in [0.5, 0.6) is 0 Å². The number of hydrogen-bond acceptors (Lipinski definition) is 2. The molecule has 0 aliphatic carbocycles. The lowest BCUT2D eigenvalue weighted by atomic mass is 9.90. The number of carbonyl (C=O) groups is 1. The molecule has 0 N–H and O–H groups in total. The lowest BCUT2D eigenvalue weighted by Crippen LogP contribution is -2.29. The van der Waals surface area contributed by atoms with Crippen LogP contribution < -0.4 is 0 Å². The summed E-state index contributed by atoms with van der Waals surface area (Å²) in [6, 6.07) is 0. The molecule has 0 bridgehead atoms. The second kappa shape index (κ2) is 3.18. The van der Waals surface area contributed by atoms with E-state index in [4.69, 9.17) is 0 Å². The molecule has 1 unspecified atom stereocenters. The molecule has 1 aliphatic rings. The van der Waals surface area contributed by atoms with Crippen molar-refractivity contribution in [2.45, 2.75) is 38.4 Å². The van der Waals surface area contributed by atoms with Crippen molar-refractivity contribution >= 4 is 17.5 Å². The average molecular weight is 172 g/mol. The van der Waals surface area contributed by atoms with Gasteiger partial charge in [-0.15, -0.1) is 0 Å². The van der Waals surface area contributed by atoms with Crippen LogP contribution in [0.15, 0.2) is 0 Å². The summed E-state index contributed by atoms with van der Waals surface area (Å²) in [7, 11) is 0. The van der Waals surface area contributed by atoms with Crippen molar-refractivity contribution in [3.8, 4) is 0 Å². The molecule has 0 aromatic rings. The van der Waals surface area contributed by atoms with Gasteiger partial charge in [-0.1, -0.05) is 13.8 Å². The van der Waals surface area contributed by atoms with Crippen LogP contribution in [0.4, 0.5) is 0 Å². The Morgan fingerprint density at radius 2 is 2.18 bits per heavy atom. The van der Waals surface area contributed by atoms with Crippen LogP contribution in [0.25, 0.3) is 0 Å². The van der Waals surface area contributed by atoms with Gasteiger partial charge in [0.15, 0.2) is 0 Å². The van der Waals surface area contributed by atoms with Crippen LogP contribution in [0.1, 0.15) is 33.6 Å². The minimum Gasteiger partial charge on any atom is -0.300 e. The number of carbonyl (C=O) groups excluding carboxylic acids is 1. The fourth-order valence-corrected chi connectivity index (χ4v) is 2.85. The predicted octanol–water partition coefficient (Wildman–Crippen LogP) is 2.50. The molecule has 64 valence electrons. The molecule has 0 aromatic heterocycles. The van der Waals surface area contributed by atoms with Crippen molar-refractivity contribution in [2.75, 3.05) is 5.75 Å². The van der Waals surface area contributed by atoms with E-state index in [1.165, 1.54) is 0 Å². The summed E-state index contributed by atoms with van der Waals surface area (Å²) in [6.45, 7) is 6.18. The van der Waals surface area contributed by atoms with Gasteiger partial charge in [-0.2, -0.15) is 11.8 Å². The van der Waals surface area contributed by atoms with Crippen LogP contribution in [-0.2, 0) is 4.79 Å². The Balaban J connectivity index is 2.53. The lowest BCUT2D eigenvalue weighted by Gasteiger charge is -2.33. The summed E-state index contributed by atoms with van der Waals surface area (Å²) in [4.78, 5) is 11.1. The molecule has 1 atom stereocenters. The zero-order chi connectivity index (χ0) is 8.48. The van der Waals surface area contributed by atoms with E-state index in [2.05, 4.69) is 13.8 Å². The summed E-state index contributed by atoms with van der Waals surface area (Å²) in [5.74, 6) is 1.86. The zero-order valence-electron chi connectivity index (χ0n) is 7.52. The largest absolute Gasteiger partial charge is 0.300 e. The number of hydrogen-bond donors (Lipinski definition) is 0. The Kier molecular flexibility index (Phi) is 2.63. The quantitative estimate of drug-likeness (QED) is 0.604. The van der Waals surface area contributed by atoms with Gasteiger partial charge >= 0.3 is 0 Å². The van der Waals surface area contributed by atoms with Gasteiger partial charge in [0.2, 0.25) is 0 Å². The molecule has 0 amide bonds. The Morgan fingerprint density at radius 1 is 1.55 bits per heavy atom. The highest BCUT2D eigenvalue weighted by molar-refractivity contribution is 8.00. The maximum atomic E-state index is 11.1. The Labute approximate surface area is 72.9 Å². The number of thioether (sulfide) groups is 1. The summed E-state index contributed by atoms with van der Waals surface area (Å²) in [5, 5.41) is 0. The standard InChI is InChI=1S/C9H16OS/c1-7(10)8-4-5-11-9(2,3)6-8/h8H,4-6H2,1-3H3. The van der Waals surface area contributed by atoms with Crippen LogP contribution in [0, 0.1) is 5.92 Å².